The van der Waals surface area contributed by atoms with E-state index < -0.39 is 17.5 Å². The number of hydrogen-bond acceptors (Lipinski definition) is 1. The van der Waals surface area contributed by atoms with Crippen molar-refractivity contribution in [3.05, 3.63) is 0 Å². The van der Waals surface area contributed by atoms with E-state index in [4.69, 9.17) is 0 Å². The monoisotopic (exact) mass is 263 g/mol. The summed E-state index contributed by atoms with van der Waals surface area (Å²) in [7, 11) is 0. The third-order valence-corrected chi connectivity index (χ3v) is 4.47. The fraction of sp³-hybridized carbons (Fsp3) is 0.923. The molecule has 0 radical (unpaired) electrons. The highest BCUT2D eigenvalue weighted by molar-refractivity contribution is 5.86. The molecule has 1 heterocycles. The van der Waals surface area contributed by atoms with Crippen molar-refractivity contribution >= 4 is 5.91 Å². The molecule has 0 aromatic heterocycles. The average molecular weight is 263 g/mol. The van der Waals surface area contributed by atoms with Gasteiger partial charge in [-0.1, -0.05) is 13.8 Å². The van der Waals surface area contributed by atoms with Crippen LogP contribution in [0.4, 0.5) is 13.2 Å². The van der Waals surface area contributed by atoms with E-state index in [-0.39, 0.29) is 12.8 Å². The Balaban J connectivity index is 1.97. The first-order valence-corrected chi connectivity index (χ1v) is 6.64. The highest BCUT2D eigenvalue weighted by Crippen LogP contribution is 2.58. The maximum atomic E-state index is 12.9. The van der Waals surface area contributed by atoms with Crippen LogP contribution in [-0.4, -0.2) is 30.1 Å². The Hall–Kier alpha value is -0.740. The van der Waals surface area contributed by atoms with Gasteiger partial charge in [0.25, 0.3) is 0 Å². The molecule has 0 atom stereocenters. The van der Waals surface area contributed by atoms with Gasteiger partial charge in [0.1, 0.15) is 5.41 Å². The van der Waals surface area contributed by atoms with Crippen LogP contribution in [0.15, 0.2) is 0 Å². The Morgan fingerprint density at radius 3 is 2.06 bits per heavy atom. The minimum absolute atomic E-state index is 0.0283. The zero-order valence-electron chi connectivity index (χ0n) is 10.9. The standard InChI is InChI=1S/C13H20F3NO/c1-9(2)10-3-7-17(8-4-10)11(18)12(5-6-12)13(14,15)16/h9-10H,3-8H2,1-2H3. The molecule has 5 heteroatoms. The van der Waals surface area contributed by atoms with Crippen molar-refractivity contribution in [2.24, 2.45) is 17.3 Å². The SMILES string of the molecule is CC(C)C1CCN(C(=O)C2(C(F)(F)F)CC2)CC1. The Morgan fingerprint density at radius 1 is 1.22 bits per heavy atom. The lowest BCUT2D eigenvalue weighted by Crippen LogP contribution is -2.47. The van der Waals surface area contributed by atoms with Gasteiger partial charge in [0.15, 0.2) is 0 Å². The van der Waals surface area contributed by atoms with Crippen molar-refractivity contribution in [2.75, 3.05) is 13.1 Å². The summed E-state index contributed by atoms with van der Waals surface area (Å²) < 4.78 is 38.6. The van der Waals surface area contributed by atoms with E-state index in [9.17, 15) is 18.0 Å². The molecule has 0 bridgehead atoms. The Bertz CT molecular complexity index is 326. The molecule has 2 nitrogen and oxygen atoms in total. The lowest BCUT2D eigenvalue weighted by Gasteiger charge is -2.36. The van der Waals surface area contributed by atoms with Crippen LogP contribution >= 0.6 is 0 Å². The third-order valence-electron chi connectivity index (χ3n) is 4.47. The normalized spacial score (nSPS) is 24.4. The van der Waals surface area contributed by atoms with Gasteiger partial charge in [0, 0.05) is 13.1 Å². The second-order valence-electron chi connectivity index (χ2n) is 5.95. The zero-order chi connectivity index (χ0) is 13.6. The molecule has 0 N–H and O–H groups in total. The van der Waals surface area contributed by atoms with Crippen molar-refractivity contribution in [1.29, 1.82) is 0 Å². The molecular weight excluding hydrogens is 243 g/mol. The highest BCUT2D eigenvalue weighted by atomic mass is 19.4. The van der Waals surface area contributed by atoms with E-state index in [1.165, 1.54) is 4.90 Å². The van der Waals surface area contributed by atoms with Crippen LogP contribution < -0.4 is 0 Å². The van der Waals surface area contributed by atoms with Crippen LogP contribution in [0.3, 0.4) is 0 Å². The minimum atomic E-state index is -4.38. The minimum Gasteiger partial charge on any atom is -0.342 e. The molecule has 0 aromatic rings. The number of piperidine rings is 1. The maximum absolute atomic E-state index is 12.9. The van der Waals surface area contributed by atoms with E-state index in [1.807, 2.05) is 0 Å². The Kier molecular flexibility index (Phi) is 3.36. The van der Waals surface area contributed by atoms with Crippen LogP contribution in [0.25, 0.3) is 0 Å². The topological polar surface area (TPSA) is 20.3 Å². The quantitative estimate of drug-likeness (QED) is 0.749. The molecule has 1 amide bonds. The second-order valence-corrected chi connectivity index (χ2v) is 5.95. The van der Waals surface area contributed by atoms with Gasteiger partial charge in [-0.3, -0.25) is 4.79 Å². The smallest absolute Gasteiger partial charge is 0.342 e. The van der Waals surface area contributed by atoms with Crippen LogP contribution in [0, 0.1) is 17.3 Å². The molecule has 0 aromatic carbocycles. The summed E-state index contributed by atoms with van der Waals surface area (Å²) in [6, 6.07) is 0. The Labute approximate surface area is 106 Å². The summed E-state index contributed by atoms with van der Waals surface area (Å²) in [6.07, 6.45) is -2.77. The van der Waals surface area contributed by atoms with Gasteiger partial charge in [-0.25, -0.2) is 0 Å². The van der Waals surface area contributed by atoms with Gasteiger partial charge in [-0.05, 0) is 37.5 Å². The van der Waals surface area contributed by atoms with Crippen molar-refractivity contribution < 1.29 is 18.0 Å². The number of carbonyl (C=O) groups is 1. The first-order valence-electron chi connectivity index (χ1n) is 6.64. The van der Waals surface area contributed by atoms with Crippen molar-refractivity contribution in [1.82, 2.24) is 4.90 Å². The fourth-order valence-corrected chi connectivity index (χ4v) is 2.82. The largest absolute Gasteiger partial charge is 0.403 e. The molecule has 2 rings (SSSR count). The van der Waals surface area contributed by atoms with Crippen molar-refractivity contribution in [2.45, 2.75) is 45.7 Å². The first kappa shape index (κ1) is 13.7. The van der Waals surface area contributed by atoms with Gasteiger partial charge >= 0.3 is 6.18 Å². The van der Waals surface area contributed by atoms with Crippen LogP contribution in [0.5, 0.6) is 0 Å². The number of rotatable bonds is 2. The van der Waals surface area contributed by atoms with E-state index in [1.54, 1.807) is 0 Å². The van der Waals surface area contributed by atoms with Crippen molar-refractivity contribution in [3.63, 3.8) is 0 Å². The number of carbonyl (C=O) groups excluding carboxylic acids is 1. The molecule has 1 saturated carbocycles. The van der Waals surface area contributed by atoms with Crippen LogP contribution in [0.2, 0.25) is 0 Å². The van der Waals surface area contributed by atoms with Crippen molar-refractivity contribution in [3.8, 4) is 0 Å². The van der Waals surface area contributed by atoms with Gasteiger partial charge < -0.3 is 4.90 Å². The number of likely N-dealkylation sites (tertiary alicyclic amines) is 1. The number of alkyl halides is 3. The predicted octanol–water partition coefficient (Wildman–Crippen LogP) is 3.22. The highest BCUT2D eigenvalue weighted by Gasteiger charge is 2.69. The summed E-state index contributed by atoms with van der Waals surface area (Å²) in [6.45, 7) is 5.22. The van der Waals surface area contributed by atoms with Gasteiger partial charge in [-0.15, -0.1) is 0 Å². The summed E-state index contributed by atoms with van der Waals surface area (Å²) in [4.78, 5) is 13.4. The van der Waals surface area contributed by atoms with E-state index >= 15 is 0 Å². The van der Waals surface area contributed by atoms with Gasteiger partial charge in [-0.2, -0.15) is 13.2 Å². The molecule has 1 aliphatic carbocycles. The molecule has 2 fully saturated rings. The average Bonchev–Trinajstić information content (AvgIpc) is 3.08. The summed E-state index contributed by atoms with van der Waals surface area (Å²) >= 11 is 0. The molecule has 104 valence electrons. The lowest BCUT2D eigenvalue weighted by molar-refractivity contribution is -0.199. The molecule has 2 aliphatic rings. The summed E-state index contributed by atoms with van der Waals surface area (Å²) in [5, 5.41) is 0. The first-order chi connectivity index (χ1) is 8.28. The number of amides is 1. The molecule has 0 spiro atoms. The molecule has 18 heavy (non-hydrogen) atoms. The molecule has 1 aliphatic heterocycles. The summed E-state index contributed by atoms with van der Waals surface area (Å²) in [5.74, 6) is 0.395. The van der Waals surface area contributed by atoms with Gasteiger partial charge in [0.05, 0.1) is 0 Å². The van der Waals surface area contributed by atoms with Crippen LogP contribution in [0.1, 0.15) is 39.5 Å². The van der Waals surface area contributed by atoms with Gasteiger partial charge in [0.2, 0.25) is 5.91 Å². The fourth-order valence-electron chi connectivity index (χ4n) is 2.82. The molecule has 0 unspecified atom stereocenters. The van der Waals surface area contributed by atoms with E-state index in [0.29, 0.717) is 24.9 Å². The number of nitrogens with zero attached hydrogens (tertiary/aromatic N) is 1. The predicted molar refractivity (Wildman–Crippen MR) is 61.9 cm³/mol. The second kappa shape index (κ2) is 4.42. The summed E-state index contributed by atoms with van der Waals surface area (Å²) in [5.41, 5.74) is -2.03. The zero-order valence-corrected chi connectivity index (χ0v) is 10.9. The third kappa shape index (κ3) is 2.24. The number of hydrogen-bond donors (Lipinski definition) is 0. The van der Waals surface area contributed by atoms with E-state index in [2.05, 4.69) is 13.8 Å². The van der Waals surface area contributed by atoms with E-state index in [0.717, 1.165) is 12.8 Å². The lowest BCUT2D eigenvalue weighted by atomic mass is 9.86. The molecular formula is C13H20F3NO. The Morgan fingerprint density at radius 2 is 1.72 bits per heavy atom. The molecule has 1 saturated heterocycles. The maximum Gasteiger partial charge on any atom is 0.403 e. The van der Waals surface area contributed by atoms with Crippen LogP contribution in [-0.2, 0) is 4.79 Å². The number of halogens is 3.